The number of fused-ring (bicyclic) bond motifs is 5. The van der Waals surface area contributed by atoms with Crippen molar-refractivity contribution >= 4 is 5.97 Å². The van der Waals surface area contributed by atoms with Crippen molar-refractivity contribution in [1.82, 2.24) is 0 Å². The first-order valence-electron chi connectivity index (χ1n) is 12.2. The largest absolute Gasteiger partial charge is 0.469 e. The summed E-state index contributed by atoms with van der Waals surface area (Å²) in [5.74, 6) is -0.0349. The molecule has 2 N–H and O–H groups in total. The molecule has 176 valence electrons. The van der Waals surface area contributed by atoms with Crippen LogP contribution in [0.2, 0.25) is 0 Å². The van der Waals surface area contributed by atoms with Crippen LogP contribution < -0.4 is 5.63 Å². The van der Waals surface area contributed by atoms with Gasteiger partial charge in [-0.3, -0.25) is 4.79 Å². The highest BCUT2D eigenvalue weighted by Gasteiger charge is 2.70. The zero-order valence-electron chi connectivity index (χ0n) is 19.4. The van der Waals surface area contributed by atoms with Crippen molar-refractivity contribution in [2.45, 2.75) is 82.8 Å². The Labute approximate surface area is 189 Å². The zero-order chi connectivity index (χ0) is 22.9. The van der Waals surface area contributed by atoms with Crippen LogP contribution in [0.1, 0.15) is 76.7 Å². The number of ether oxygens (including phenoxy) is 1. The van der Waals surface area contributed by atoms with Crippen LogP contribution in [0.5, 0.6) is 0 Å². The molecule has 6 nitrogen and oxygen atoms in total. The number of carbonyl (C=O) groups excluding carboxylic acids is 1. The van der Waals surface area contributed by atoms with Crippen molar-refractivity contribution in [3.8, 4) is 0 Å². The van der Waals surface area contributed by atoms with E-state index in [0.29, 0.717) is 18.3 Å². The first-order chi connectivity index (χ1) is 15.1. The average molecular weight is 445 g/mol. The van der Waals surface area contributed by atoms with Crippen LogP contribution in [0.25, 0.3) is 0 Å². The third-order valence-electron chi connectivity index (χ3n) is 10.4. The first kappa shape index (κ1) is 22.1. The minimum Gasteiger partial charge on any atom is -0.469 e. The molecule has 9 atom stereocenters. The predicted octanol–water partition coefficient (Wildman–Crippen LogP) is 3.64. The number of carbonyl (C=O) groups is 1. The van der Waals surface area contributed by atoms with Gasteiger partial charge < -0.3 is 19.4 Å². The fourth-order valence-electron chi connectivity index (χ4n) is 8.80. The van der Waals surface area contributed by atoms with Gasteiger partial charge in [0.05, 0.1) is 31.0 Å². The van der Waals surface area contributed by atoms with E-state index in [4.69, 9.17) is 9.15 Å². The smallest absolute Gasteiger partial charge is 0.335 e. The Bertz CT molecular complexity index is 935. The van der Waals surface area contributed by atoms with Crippen molar-refractivity contribution in [3.05, 3.63) is 34.4 Å². The highest BCUT2D eigenvalue weighted by molar-refractivity contribution is 5.75. The molecular weight excluding hydrogens is 408 g/mol. The number of esters is 1. The molecule has 0 aromatic carbocycles. The lowest BCUT2D eigenvalue weighted by Gasteiger charge is -2.63. The molecule has 6 heteroatoms. The molecule has 0 radical (unpaired) electrons. The maximum Gasteiger partial charge on any atom is 0.335 e. The molecule has 0 saturated heterocycles. The van der Waals surface area contributed by atoms with Crippen LogP contribution >= 0.6 is 0 Å². The zero-order valence-corrected chi connectivity index (χ0v) is 19.4. The summed E-state index contributed by atoms with van der Waals surface area (Å²) < 4.78 is 10.4. The molecule has 1 aromatic rings. The Kier molecular flexibility index (Phi) is 5.14. The van der Waals surface area contributed by atoms with E-state index < -0.39 is 22.6 Å². The Hall–Kier alpha value is -1.66. The van der Waals surface area contributed by atoms with Gasteiger partial charge in [-0.05, 0) is 86.2 Å². The number of hydrogen-bond donors (Lipinski definition) is 2. The summed E-state index contributed by atoms with van der Waals surface area (Å²) in [6, 6.07) is 3.14. The molecule has 0 aliphatic heterocycles. The number of rotatable bonds is 2. The second kappa shape index (κ2) is 7.42. The van der Waals surface area contributed by atoms with Crippen LogP contribution in [0.3, 0.4) is 0 Å². The maximum absolute atomic E-state index is 12.9. The molecule has 0 spiro atoms. The Morgan fingerprint density at radius 1 is 1.12 bits per heavy atom. The van der Waals surface area contributed by atoms with Gasteiger partial charge in [0.25, 0.3) is 0 Å². The van der Waals surface area contributed by atoms with Gasteiger partial charge in [-0.1, -0.05) is 13.8 Å². The maximum atomic E-state index is 12.9. The van der Waals surface area contributed by atoms with Gasteiger partial charge in [0.1, 0.15) is 0 Å². The summed E-state index contributed by atoms with van der Waals surface area (Å²) in [7, 11) is 1.40. The Balaban J connectivity index is 1.56. The van der Waals surface area contributed by atoms with E-state index in [1.807, 2.05) is 0 Å². The lowest BCUT2D eigenvalue weighted by molar-refractivity contribution is -0.205. The number of methoxy groups -OCH3 is 1. The van der Waals surface area contributed by atoms with Crippen LogP contribution in [0.15, 0.2) is 27.6 Å². The fraction of sp³-hybridized carbons (Fsp3) is 0.769. The standard InChI is InChI=1S/C26H36O6/c1-24-10-8-17(27)12-16(24)5-6-20-19(24)9-11-25(2)22(15-4-7-21(28)32-14-15)18(23(29)31-3)13-26(20,25)30/h4,7,14,16-20,22,27,30H,5-6,8-13H2,1-3H3/t16?,17-,18-,19-,20+,22?,24-,25+,26-/m0/s1. The predicted molar refractivity (Wildman–Crippen MR) is 118 cm³/mol. The van der Waals surface area contributed by atoms with Crippen LogP contribution in [-0.2, 0) is 9.53 Å². The van der Waals surface area contributed by atoms with Gasteiger partial charge in [-0.2, -0.15) is 0 Å². The highest BCUT2D eigenvalue weighted by atomic mass is 16.5. The topological polar surface area (TPSA) is 97.0 Å². The van der Waals surface area contributed by atoms with Gasteiger partial charge >= 0.3 is 11.6 Å². The van der Waals surface area contributed by atoms with Gasteiger partial charge in [-0.15, -0.1) is 0 Å². The lowest BCUT2D eigenvalue weighted by atomic mass is 9.43. The van der Waals surface area contributed by atoms with E-state index >= 15 is 0 Å². The molecule has 4 saturated carbocycles. The second-order valence-electron chi connectivity index (χ2n) is 11.5. The van der Waals surface area contributed by atoms with E-state index in [-0.39, 0.29) is 29.3 Å². The number of aliphatic hydroxyl groups excluding tert-OH is 1. The molecule has 4 aliphatic carbocycles. The fourth-order valence-corrected chi connectivity index (χ4v) is 8.80. The highest BCUT2D eigenvalue weighted by Crippen LogP contribution is 2.71. The molecule has 4 fully saturated rings. The van der Waals surface area contributed by atoms with E-state index in [1.165, 1.54) is 19.4 Å². The minimum absolute atomic E-state index is 0.116. The number of aliphatic hydroxyl groups is 2. The van der Waals surface area contributed by atoms with Crippen LogP contribution in [0, 0.1) is 34.5 Å². The van der Waals surface area contributed by atoms with Crippen LogP contribution in [-0.4, -0.2) is 35.0 Å². The van der Waals surface area contributed by atoms with Crippen molar-refractivity contribution in [2.24, 2.45) is 34.5 Å². The van der Waals surface area contributed by atoms with Crippen molar-refractivity contribution in [3.63, 3.8) is 0 Å². The van der Waals surface area contributed by atoms with E-state index in [9.17, 15) is 19.8 Å². The molecule has 1 aromatic heterocycles. The minimum atomic E-state index is -0.986. The molecule has 32 heavy (non-hydrogen) atoms. The first-order valence-corrected chi connectivity index (χ1v) is 12.2. The lowest BCUT2D eigenvalue weighted by Crippen LogP contribution is -2.62. The average Bonchev–Trinajstić information content (AvgIpc) is 3.02. The molecular formula is C26H36O6. The Morgan fingerprint density at radius 2 is 1.91 bits per heavy atom. The van der Waals surface area contributed by atoms with E-state index in [2.05, 4.69) is 13.8 Å². The second-order valence-corrected chi connectivity index (χ2v) is 11.5. The SMILES string of the molecule is COC(=O)[C@H]1C[C@]2(O)[C@@H]3CCC4C[C@@H](O)CC[C@]4(C)[C@H]3CC[C@]2(C)C1c1ccc(=O)oc1. The van der Waals surface area contributed by atoms with Crippen molar-refractivity contribution in [1.29, 1.82) is 0 Å². The third-order valence-corrected chi connectivity index (χ3v) is 10.4. The Morgan fingerprint density at radius 3 is 2.59 bits per heavy atom. The van der Waals surface area contributed by atoms with Gasteiger partial charge in [0.2, 0.25) is 0 Å². The summed E-state index contributed by atoms with van der Waals surface area (Å²) in [6.07, 6.45) is 8.11. The summed E-state index contributed by atoms with van der Waals surface area (Å²) in [5.41, 5.74) is -1.00. The monoisotopic (exact) mass is 444 g/mol. The van der Waals surface area contributed by atoms with Gasteiger partial charge in [0.15, 0.2) is 0 Å². The molecule has 5 rings (SSSR count). The normalized spacial score (nSPS) is 47.8. The molecule has 0 amide bonds. The van der Waals surface area contributed by atoms with E-state index in [0.717, 1.165) is 50.5 Å². The van der Waals surface area contributed by atoms with Crippen molar-refractivity contribution in [2.75, 3.05) is 7.11 Å². The quantitative estimate of drug-likeness (QED) is 0.676. The molecule has 2 unspecified atom stereocenters. The van der Waals surface area contributed by atoms with Gasteiger partial charge in [-0.25, -0.2) is 4.79 Å². The molecule has 0 bridgehead atoms. The molecule has 4 aliphatic rings. The van der Waals surface area contributed by atoms with Gasteiger partial charge in [0, 0.05) is 17.4 Å². The summed E-state index contributed by atoms with van der Waals surface area (Å²) >= 11 is 0. The summed E-state index contributed by atoms with van der Waals surface area (Å²) in [4.78, 5) is 24.5. The van der Waals surface area contributed by atoms with Crippen LogP contribution in [0.4, 0.5) is 0 Å². The summed E-state index contributed by atoms with van der Waals surface area (Å²) in [6.45, 7) is 4.50. The number of hydrogen-bond acceptors (Lipinski definition) is 6. The molecule has 1 heterocycles. The third kappa shape index (κ3) is 2.91. The van der Waals surface area contributed by atoms with E-state index in [1.54, 1.807) is 6.07 Å². The summed E-state index contributed by atoms with van der Waals surface area (Å²) in [5, 5.41) is 22.7. The van der Waals surface area contributed by atoms with Crippen molar-refractivity contribution < 1.29 is 24.2 Å².